The van der Waals surface area contributed by atoms with E-state index in [2.05, 4.69) is 11.9 Å². The summed E-state index contributed by atoms with van der Waals surface area (Å²) in [6.07, 6.45) is 0.730. The molecule has 2 heterocycles. The number of amides is 1. The van der Waals surface area contributed by atoms with E-state index in [1.54, 1.807) is 0 Å². The molecule has 2 aromatic rings. The van der Waals surface area contributed by atoms with Crippen LogP contribution in [0.1, 0.15) is 18.9 Å². The lowest BCUT2D eigenvalue weighted by molar-refractivity contribution is -0.121. The van der Waals surface area contributed by atoms with Gasteiger partial charge in [0.1, 0.15) is 5.82 Å². The van der Waals surface area contributed by atoms with Crippen LogP contribution >= 0.6 is 0 Å². The van der Waals surface area contributed by atoms with Crippen LogP contribution in [0.25, 0.3) is 11.1 Å². The molecule has 98 valence electrons. The van der Waals surface area contributed by atoms with Gasteiger partial charge in [-0.1, -0.05) is 6.58 Å². The first-order valence-corrected chi connectivity index (χ1v) is 5.85. The first-order chi connectivity index (χ1) is 9.06. The molecule has 0 spiro atoms. The highest BCUT2D eigenvalue weighted by molar-refractivity contribution is 5.79. The van der Waals surface area contributed by atoms with Crippen molar-refractivity contribution in [1.82, 2.24) is 9.88 Å². The van der Waals surface area contributed by atoms with Crippen molar-refractivity contribution in [3.8, 4) is 0 Å². The molecule has 1 N–H and O–H groups in total. The minimum atomic E-state index is -0.581. The summed E-state index contributed by atoms with van der Waals surface area (Å²) in [7, 11) is 0. The van der Waals surface area contributed by atoms with E-state index in [4.69, 9.17) is 4.42 Å². The Kier molecular flexibility index (Phi) is 2.51. The van der Waals surface area contributed by atoms with E-state index >= 15 is 0 Å². The quantitative estimate of drug-likeness (QED) is 0.850. The average Bonchev–Trinajstić information content (AvgIpc) is 2.65. The second kappa shape index (κ2) is 4.08. The highest BCUT2D eigenvalue weighted by Gasteiger charge is 2.27. The van der Waals surface area contributed by atoms with E-state index < -0.39 is 17.6 Å². The summed E-state index contributed by atoms with van der Waals surface area (Å²) in [5.74, 6) is -1.16. The Morgan fingerprint density at radius 1 is 1.42 bits per heavy atom. The van der Waals surface area contributed by atoms with Gasteiger partial charge in [-0.15, -0.1) is 0 Å². The van der Waals surface area contributed by atoms with Crippen molar-refractivity contribution in [2.24, 2.45) is 0 Å². The van der Waals surface area contributed by atoms with E-state index in [1.807, 2.05) is 0 Å². The first-order valence-electron chi connectivity index (χ1n) is 5.85. The number of nitrogens with one attached hydrogen (secondary N) is 1. The van der Waals surface area contributed by atoms with Crippen molar-refractivity contribution in [3.05, 3.63) is 46.8 Å². The molecule has 1 atom stereocenters. The molecule has 1 amide bonds. The molecular formula is C13H11FN2O3. The lowest BCUT2D eigenvalue weighted by atomic mass is 10.0. The summed E-state index contributed by atoms with van der Waals surface area (Å²) in [4.78, 5) is 23.1. The molecule has 0 aliphatic carbocycles. The van der Waals surface area contributed by atoms with Crippen molar-refractivity contribution >= 4 is 17.0 Å². The van der Waals surface area contributed by atoms with Gasteiger partial charge in [0.2, 0.25) is 5.91 Å². The highest BCUT2D eigenvalue weighted by Crippen LogP contribution is 2.27. The second-order valence-corrected chi connectivity index (χ2v) is 4.48. The van der Waals surface area contributed by atoms with Gasteiger partial charge < -0.3 is 9.73 Å². The van der Waals surface area contributed by atoms with Crippen molar-refractivity contribution in [3.63, 3.8) is 0 Å². The molecule has 6 heteroatoms. The van der Waals surface area contributed by atoms with Crippen LogP contribution < -0.4 is 11.1 Å². The number of nitrogens with zero attached hydrogens (tertiary/aromatic N) is 1. The number of rotatable bonds is 1. The molecule has 1 aliphatic rings. The van der Waals surface area contributed by atoms with Gasteiger partial charge in [-0.25, -0.2) is 9.18 Å². The lowest BCUT2D eigenvalue weighted by Gasteiger charge is -2.25. The Morgan fingerprint density at radius 3 is 2.95 bits per heavy atom. The number of hydrogen-bond donors (Lipinski definition) is 1. The van der Waals surface area contributed by atoms with E-state index in [1.165, 1.54) is 22.8 Å². The van der Waals surface area contributed by atoms with Gasteiger partial charge in [0, 0.05) is 18.2 Å². The average molecular weight is 262 g/mol. The number of hydrogen-bond acceptors (Lipinski definition) is 3. The number of oxazole rings is 1. The number of fused-ring (bicyclic) bond motifs is 1. The number of aromatic nitrogens is 1. The minimum Gasteiger partial charge on any atom is -0.408 e. The van der Waals surface area contributed by atoms with Crippen LogP contribution in [0.5, 0.6) is 0 Å². The summed E-state index contributed by atoms with van der Waals surface area (Å²) >= 11 is 0. The molecule has 5 nitrogen and oxygen atoms in total. The van der Waals surface area contributed by atoms with Gasteiger partial charge in [-0.3, -0.25) is 9.36 Å². The van der Waals surface area contributed by atoms with Crippen LogP contribution in [-0.2, 0) is 4.79 Å². The first kappa shape index (κ1) is 11.7. The largest absolute Gasteiger partial charge is 0.420 e. The highest BCUT2D eigenvalue weighted by atomic mass is 19.1. The summed E-state index contributed by atoms with van der Waals surface area (Å²) in [6, 6.07) is 3.47. The molecule has 1 aromatic heterocycles. The van der Waals surface area contributed by atoms with Gasteiger partial charge >= 0.3 is 5.76 Å². The van der Waals surface area contributed by atoms with Crippen LogP contribution in [0.15, 0.2) is 39.7 Å². The predicted molar refractivity (Wildman–Crippen MR) is 66.0 cm³/mol. The van der Waals surface area contributed by atoms with E-state index in [9.17, 15) is 14.0 Å². The zero-order chi connectivity index (χ0) is 13.6. The van der Waals surface area contributed by atoms with Crippen molar-refractivity contribution in [2.75, 3.05) is 0 Å². The molecule has 19 heavy (non-hydrogen) atoms. The van der Waals surface area contributed by atoms with Crippen molar-refractivity contribution < 1.29 is 13.6 Å². The Labute approximate surface area is 107 Å². The van der Waals surface area contributed by atoms with Crippen LogP contribution in [0.3, 0.4) is 0 Å². The molecule has 1 aliphatic heterocycles. The molecule has 0 saturated carbocycles. The Hall–Kier alpha value is -2.37. The monoisotopic (exact) mass is 262 g/mol. The van der Waals surface area contributed by atoms with Gasteiger partial charge in [-0.2, -0.15) is 0 Å². The van der Waals surface area contributed by atoms with Crippen LogP contribution in [0.2, 0.25) is 0 Å². The number of carbonyl (C=O) groups is 1. The zero-order valence-corrected chi connectivity index (χ0v) is 9.98. The molecule has 0 radical (unpaired) electrons. The van der Waals surface area contributed by atoms with Crippen LogP contribution in [0.4, 0.5) is 4.39 Å². The fourth-order valence-electron chi connectivity index (χ4n) is 2.35. The Balaban J connectivity index is 2.17. The molecule has 0 bridgehead atoms. The van der Waals surface area contributed by atoms with Crippen molar-refractivity contribution in [2.45, 2.75) is 18.9 Å². The zero-order valence-electron chi connectivity index (χ0n) is 9.98. The van der Waals surface area contributed by atoms with Gasteiger partial charge in [0.25, 0.3) is 0 Å². The van der Waals surface area contributed by atoms with Gasteiger partial charge in [0.15, 0.2) is 5.58 Å². The summed E-state index contributed by atoms with van der Waals surface area (Å²) in [6.45, 7) is 3.75. The van der Waals surface area contributed by atoms with Gasteiger partial charge in [0.05, 0.1) is 11.6 Å². The maximum atomic E-state index is 13.3. The van der Waals surface area contributed by atoms with E-state index in [-0.39, 0.29) is 12.3 Å². The third-order valence-electron chi connectivity index (χ3n) is 3.23. The third-order valence-corrected chi connectivity index (χ3v) is 3.23. The van der Waals surface area contributed by atoms with E-state index in [0.29, 0.717) is 23.2 Å². The molecule has 1 saturated heterocycles. The maximum Gasteiger partial charge on any atom is 0.420 e. The smallest absolute Gasteiger partial charge is 0.408 e. The maximum absolute atomic E-state index is 13.3. The SMILES string of the molecule is C=C1NC(=O)CCC1n1c(=O)oc2ccc(F)cc21. The second-order valence-electron chi connectivity index (χ2n) is 4.48. The Bertz CT molecular complexity index is 744. The normalized spacial score (nSPS) is 19.7. The van der Waals surface area contributed by atoms with E-state index in [0.717, 1.165) is 0 Å². The standard InChI is InChI=1S/C13H11FN2O3/c1-7-9(3-5-12(17)15-7)16-10-6-8(14)2-4-11(10)19-13(16)18/h2,4,6,9H,1,3,5H2,(H,15,17). The minimum absolute atomic E-state index is 0.131. The molecule has 1 unspecified atom stereocenters. The lowest BCUT2D eigenvalue weighted by Crippen LogP contribution is -2.36. The number of benzene rings is 1. The summed E-state index contributed by atoms with van der Waals surface area (Å²) in [5, 5.41) is 2.60. The fraction of sp³-hybridized carbons (Fsp3) is 0.231. The number of carbonyl (C=O) groups excluding carboxylic acids is 1. The number of piperidine rings is 1. The molecule has 3 rings (SSSR count). The van der Waals surface area contributed by atoms with Gasteiger partial charge in [-0.05, 0) is 18.6 Å². The third kappa shape index (κ3) is 1.85. The van der Waals surface area contributed by atoms with Crippen LogP contribution in [-0.4, -0.2) is 10.5 Å². The molecule has 1 fully saturated rings. The summed E-state index contributed by atoms with van der Waals surface area (Å²) in [5.41, 5.74) is 1.11. The Morgan fingerprint density at radius 2 is 2.21 bits per heavy atom. The fourth-order valence-corrected chi connectivity index (χ4v) is 2.35. The number of allylic oxidation sites excluding steroid dienone is 1. The van der Waals surface area contributed by atoms with Crippen molar-refractivity contribution in [1.29, 1.82) is 0 Å². The number of halogens is 1. The van der Waals surface area contributed by atoms with Crippen LogP contribution in [0, 0.1) is 5.82 Å². The molecular weight excluding hydrogens is 251 g/mol. The topological polar surface area (TPSA) is 64.2 Å². The summed E-state index contributed by atoms with van der Waals surface area (Å²) < 4.78 is 19.7. The molecule has 1 aromatic carbocycles. The predicted octanol–water partition coefficient (Wildman–Crippen LogP) is 1.70.